The van der Waals surface area contributed by atoms with Crippen LogP contribution < -0.4 is 0 Å². The van der Waals surface area contributed by atoms with E-state index in [2.05, 4.69) is 13.5 Å². The number of hydrogen-bond donors (Lipinski definition) is 1. The number of rotatable bonds is 1. The van der Waals surface area contributed by atoms with Crippen molar-refractivity contribution in [2.45, 2.75) is 58.0 Å². The number of hydrogen-bond acceptors (Lipinski definition) is 1. The van der Waals surface area contributed by atoms with Gasteiger partial charge in [-0.2, -0.15) is 0 Å². The molecule has 0 bridgehead atoms. The maximum atomic E-state index is 10.4. The molecule has 2 aliphatic carbocycles. The van der Waals surface area contributed by atoms with Gasteiger partial charge < -0.3 is 5.11 Å². The van der Waals surface area contributed by atoms with Crippen LogP contribution in [0.25, 0.3) is 0 Å². The second-order valence-corrected chi connectivity index (χ2v) is 5.97. The van der Waals surface area contributed by atoms with E-state index in [4.69, 9.17) is 0 Å². The van der Waals surface area contributed by atoms with Crippen molar-refractivity contribution in [3.8, 4) is 0 Å². The van der Waals surface area contributed by atoms with Crippen LogP contribution in [0.4, 0.5) is 0 Å². The van der Waals surface area contributed by atoms with E-state index < -0.39 is 5.60 Å². The van der Waals surface area contributed by atoms with Crippen LogP contribution in [-0.2, 0) is 0 Å². The van der Waals surface area contributed by atoms with Gasteiger partial charge in [-0.05, 0) is 63.7 Å². The minimum Gasteiger partial charge on any atom is -0.390 e. The summed E-state index contributed by atoms with van der Waals surface area (Å²) in [6, 6.07) is 0. The van der Waals surface area contributed by atoms with Gasteiger partial charge in [0.2, 0.25) is 0 Å². The van der Waals surface area contributed by atoms with Gasteiger partial charge in [-0.3, -0.25) is 0 Å². The third kappa shape index (κ3) is 2.13. The first-order chi connectivity index (χ1) is 7.00. The molecular formula is C14H24O. The van der Waals surface area contributed by atoms with Crippen LogP contribution in [0.15, 0.2) is 12.2 Å². The summed E-state index contributed by atoms with van der Waals surface area (Å²) in [4.78, 5) is 0. The zero-order valence-electron chi connectivity index (χ0n) is 10.1. The molecule has 0 aromatic heterocycles. The van der Waals surface area contributed by atoms with Crippen LogP contribution in [0, 0.1) is 17.8 Å². The molecule has 2 saturated carbocycles. The van der Waals surface area contributed by atoms with Crippen LogP contribution >= 0.6 is 0 Å². The topological polar surface area (TPSA) is 20.2 Å². The van der Waals surface area contributed by atoms with Crippen LogP contribution in [-0.4, -0.2) is 10.7 Å². The van der Waals surface area contributed by atoms with Gasteiger partial charge in [-0.25, -0.2) is 0 Å². The van der Waals surface area contributed by atoms with E-state index in [1.54, 1.807) is 0 Å². The average Bonchev–Trinajstić information content (AvgIpc) is 2.17. The van der Waals surface area contributed by atoms with Gasteiger partial charge in [0, 0.05) is 0 Å². The molecule has 86 valence electrons. The Bertz CT molecular complexity index is 254. The molecule has 0 aromatic rings. The summed E-state index contributed by atoms with van der Waals surface area (Å²) in [6.07, 6.45) is 7.32. The Balaban J connectivity index is 2.10. The van der Waals surface area contributed by atoms with Crippen molar-refractivity contribution in [1.82, 2.24) is 0 Å². The standard InChI is InChI=1S/C14H24O/c1-10(2)12-7-6-11-5-4-8-14(3,15)13(11)9-12/h11-13,15H,1,4-9H2,2-3H3/t11-,12+,13+,14+/m0/s1. The lowest BCUT2D eigenvalue weighted by molar-refractivity contribution is -0.0805. The van der Waals surface area contributed by atoms with Gasteiger partial charge >= 0.3 is 0 Å². The lowest BCUT2D eigenvalue weighted by atomic mass is 9.60. The first-order valence-corrected chi connectivity index (χ1v) is 6.38. The Kier molecular flexibility index (Phi) is 2.94. The molecule has 2 fully saturated rings. The van der Waals surface area contributed by atoms with Crippen molar-refractivity contribution < 1.29 is 5.11 Å². The fraction of sp³-hybridized carbons (Fsp3) is 0.857. The Morgan fingerprint density at radius 2 is 2.07 bits per heavy atom. The van der Waals surface area contributed by atoms with Crippen molar-refractivity contribution in [3.05, 3.63) is 12.2 Å². The van der Waals surface area contributed by atoms with Crippen molar-refractivity contribution in [3.63, 3.8) is 0 Å². The third-order valence-corrected chi connectivity index (χ3v) is 4.75. The monoisotopic (exact) mass is 208 g/mol. The van der Waals surface area contributed by atoms with Crippen molar-refractivity contribution in [2.75, 3.05) is 0 Å². The van der Waals surface area contributed by atoms with Gasteiger partial charge in [-0.15, -0.1) is 0 Å². The lowest BCUT2D eigenvalue weighted by Crippen LogP contribution is -2.45. The predicted octanol–water partition coefficient (Wildman–Crippen LogP) is 3.53. The van der Waals surface area contributed by atoms with Crippen molar-refractivity contribution >= 4 is 0 Å². The summed E-state index contributed by atoms with van der Waals surface area (Å²) in [6.45, 7) is 8.27. The molecule has 0 aliphatic heterocycles. The highest BCUT2D eigenvalue weighted by Gasteiger charge is 2.43. The Morgan fingerprint density at radius 1 is 1.33 bits per heavy atom. The molecule has 1 N–H and O–H groups in total. The smallest absolute Gasteiger partial charge is 0.0650 e. The predicted molar refractivity (Wildman–Crippen MR) is 63.6 cm³/mol. The highest BCUT2D eigenvalue weighted by atomic mass is 16.3. The fourth-order valence-corrected chi connectivity index (χ4v) is 3.70. The molecule has 2 aliphatic rings. The van der Waals surface area contributed by atoms with Gasteiger partial charge in [0.1, 0.15) is 0 Å². The maximum absolute atomic E-state index is 10.4. The Hall–Kier alpha value is -0.300. The van der Waals surface area contributed by atoms with Crippen LogP contribution in [0.5, 0.6) is 0 Å². The summed E-state index contributed by atoms with van der Waals surface area (Å²) in [5.74, 6) is 1.97. The van der Waals surface area contributed by atoms with E-state index in [0.717, 1.165) is 12.3 Å². The molecule has 0 amide bonds. The normalized spacial score (nSPS) is 45.9. The molecular weight excluding hydrogens is 184 g/mol. The van der Waals surface area contributed by atoms with Crippen LogP contribution in [0.2, 0.25) is 0 Å². The summed E-state index contributed by atoms with van der Waals surface area (Å²) in [5.41, 5.74) is 0.909. The lowest BCUT2D eigenvalue weighted by Gasteiger charge is -2.47. The second kappa shape index (κ2) is 3.93. The number of aliphatic hydroxyl groups is 1. The molecule has 2 rings (SSSR count). The zero-order valence-corrected chi connectivity index (χ0v) is 10.1. The maximum Gasteiger partial charge on any atom is 0.0650 e. The zero-order chi connectivity index (χ0) is 11.1. The molecule has 1 heteroatoms. The van der Waals surface area contributed by atoms with Gasteiger partial charge in [0.15, 0.2) is 0 Å². The van der Waals surface area contributed by atoms with E-state index in [9.17, 15) is 5.11 Å². The number of allylic oxidation sites excluding steroid dienone is 1. The molecule has 0 radical (unpaired) electrons. The Morgan fingerprint density at radius 3 is 2.73 bits per heavy atom. The molecule has 1 nitrogen and oxygen atoms in total. The number of fused-ring (bicyclic) bond motifs is 1. The second-order valence-electron chi connectivity index (χ2n) is 5.97. The van der Waals surface area contributed by atoms with Crippen molar-refractivity contribution in [1.29, 1.82) is 0 Å². The minimum atomic E-state index is -0.406. The fourth-order valence-electron chi connectivity index (χ4n) is 3.70. The SMILES string of the molecule is C=C(C)[C@@H]1CC[C@@H]2CCC[C@@](C)(O)[C@@H]2C1. The molecule has 0 saturated heterocycles. The summed E-state index contributed by atoms with van der Waals surface area (Å²) in [5, 5.41) is 10.4. The first kappa shape index (κ1) is 11.2. The molecule has 0 aromatic carbocycles. The molecule has 0 unspecified atom stereocenters. The summed E-state index contributed by atoms with van der Waals surface area (Å²) < 4.78 is 0. The largest absolute Gasteiger partial charge is 0.390 e. The molecule has 4 atom stereocenters. The van der Waals surface area contributed by atoms with Gasteiger partial charge in [0.25, 0.3) is 0 Å². The van der Waals surface area contributed by atoms with E-state index in [0.29, 0.717) is 11.8 Å². The summed E-state index contributed by atoms with van der Waals surface area (Å²) >= 11 is 0. The van der Waals surface area contributed by atoms with Gasteiger partial charge in [-0.1, -0.05) is 18.6 Å². The van der Waals surface area contributed by atoms with E-state index in [1.807, 2.05) is 6.92 Å². The van der Waals surface area contributed by atoms with Crippen molar-refractivity contribution in [2.24, 2.45) is 17.8 Å². The highest BCUT2D eigenvalue weighted by molar-refractivity contribution is 5.03. The Labute approximate surface area is 93.6 Å². The van der Waals surface area contributed by atoms with E-state index in [-0.39, 0.29) is 0 Å². The molecule has 15 heavy (non-hydrogen) atoms. The van der Waals surface area contributed by atoms with Gasteiger partial charge in [0.05, 0.1) is 5.60 Å². The first-order valence-electron chi connectivity index (χ1n) is 6.38. The summed E-state index contributed by atoms with van der Waals surface area (Å²) in [7, 11) is 0. The molecule has 0 heterocycles. The van der Waals surface area contributed by atoms with E-state index >= 15 is 0 Å². The third-order valence-electron chi connectivity index (χ3n) is 4.75. The molecule has 0 spiro atoms. The van der Waals surface area contributed by atoms with Crippen LogP contribution in [0.3, 0.4) is 0 Å². The van der Waals surface area contributed by atoms with Crippen LogP contribution in [0.1, 0.15) is 52.4 Å². The van der Waals surface area contributed by atoms with E-state index in [1.165, 1.54) is 37.7 Å². The highest BCUT2D eigenvalue weighted by Crippen LogP contribution is 2.48. The quantitative estimate of drug-likeness (QED) is 0.654. The minimum absolute atomic E-state index is 0.406. The average molecular weight is 208 g/mol.